The Bertz CT molecular complexity index is 1390. The first-order chi connectivity index (χ1) is 17.4. The second-order valence-corrected chi connectivity index (χ2v) is 10.5. The Morgan fingerprint density at radius 2 is 1.64 bits per heavy atom. The number of ketones is 1. The molecule has 0 aliphatic heterocycles. The van der Waals surface area contributed by atoms with Gasteiger partial charge in [0.15, 0.2) is 16.0 Å². The van der Waals surface area contributed by atoms with Gasteiger partial charge in [-0.1, -0.05) is 36.4 Å². The number of aromatic nitrogens is 1. The number of Topliss-reactive ketones (excluding diaryl/α,β-unsaturated/α-hetero) is 1. The molecule has 0 aliphatic rings. The van der Waals surface area contributed by atoms with E-state index in [0.29, 0.717) is 15.8 Å². The summed E-state index contributed by atoms with van der Waals surface area (Å²) in [5.41, 5.74) is 4.16. The van der Waals surface area contributed by atoms with Crippen molar-refractivity contribution in [3.05, 3.63) is 89.3 Å². The van der Waals surface area contributed by atoms with Crippen LogP contribution in [0.15, 0.2) is 83.8 Å². The van der Waals surface area contributed by atoms with Gasteiger partial charge in [-0.25, -0.2) is 4.98 Å². The van der Waals surface area contributed by atoms with E-state index in [0.717, 1.165) is 32.4 Å². The monoisotopic (exact) mass is 532 g/mol. The molecule has 0 bridgehead atoms. The average Bonchev–Trinajstić information content (AvgIpc) is 3.23. The Kier molecular flexibility index (Phi) is 8.48. The predicted molar refractivity (Wildman–Crippen MR) is 154 cm³/mol. The second-order valence-electron chi connectivity index (χ2n) is 7.87. The number of hydrogen-bond acceptors (Lipinski definition) is 6. The topological polar surface area (TPSA) is 83.1 Å². The summed E-state index contributed by atoms with van der Waals surface area (Å²) in [5, 5.41) is 10.2. The molecule has 6 nitrogen and oxygen atoms in total. The number of carbonyl (C=O) groups excluding carboxylic acids is 2. The number of hydrogen-bond donors (Lipinski definition) is 3. The van der Waals surface area contributed by atoms with Crippen LogP contribution in [0, 0.1) is 6.92 Å². The molecule has 0 saturated carbocycles. The van der Waals surface area contributed by atoms with E-state index in [-0.39, 0.29) is 17.4 Å². The smallest absolute Gasteiger partial charge is 0.236 e. The summed E-state index contributed by atoms with van der Waals surface area (Å²) in [6.45, 7) is 3.54. The standard InChI is InChI=1S/C27H24N4O2S3/c1-17(32)19-11-13-21(14-12-19)28-26(34)29-22-9-6-10-23(15-22)35-16-24(33)30-27-31-25(18(2)36-27)20-7-4-3-5-8-20/h3-15H,16H2,1-2H3,(H2,28,29,34)(H,30,31,33). The SMILES string of the molecule is CC(=O)c1ccc(NC(=S)Nc2cccc(SCC(=O)Nc3nc(-c4ccccc4)c(C)s3)c2)cc1. The molecule has 9 heteroatoms. The molecule has 4 rings (SSSR count). The van der Waals surface area contributed by atoms with Crippen LogP contribution in [0.25, 0.3) is 11.3 Å². The lowest BCUT2D eigenvalue weighted by atomic mass is 10.1. The van der Waals surface area contributed by atoms with Gasteiger partial charge in [-0.05, 0) is 68.5 Å². The summed E-state index contributed by atoms with van der Waals surface area (Å²) in [5.74, 6) is 0.162. The van der Waals surface area contributed by atoms with E-state index >= 15 is 0 Å². The number of thioether (sulfide) groups is 1. The number of aryl methyl sites for hydroxylation is 1. The van der Waals surface area contributed by atoms with Crippen LogP contribution in [-0.4, -0.2) is 27.5 Å². The maximum absolute atomic E-state index is 12.5. The largest absolute Gasteiger partial charge is 0.332 e. The zero-order chi connectivity index (χ0) is 25.5. The lowest BCUT2D eigenvalue weighted by Gasteiger charge is -2.12. The molecule has 0 aliphatic carbocycles. The molecule has 3 aromatic carbocycles. The van der Waals surface area contributed by atoms with Crippen molar-refractivity contribution in [1.29, 1.82) is 0 Å². The van der Waals surface area contributed by atoms with Crippen molar-refractivity contribution in [3.63, 3.8) is 0 Å². The third-order valence-electron chi connectivity index (χ3n) is 5.10. The van der Waals surface area contributed by atoms with E-state index in [1.165, 1.54) is 30.0 Å². The summed E-state index contributed by atoms with van der Waals surface area (Å²) in [6.07, 6.45) is 0. The summed E-state index contributed by atoms with van der Waals surface area (Å²) in [7, 11) is 0. The van der Waals surface area contributed by atoms with Crippen molar-refractivity contribution in [2.75, 3.05) is 21.7 Å². The van der Waals surface area contributed by atoms with Gasteiger partial charge in [-0.2, -0.15) is 0 Å². The highest BCUT2D eigenvalue weighted by molar-refractivity contribution is 8.00. The van der Waals surface area contributed by atoms with Gasteiger partial charge >= 0.3 is 0 Å². The first-order valence-corrected chi connectivity index (χ1v) is 13.3. The number of carbonyl (C=O) groups is 2. The molecule has 1 heterocycles. The van der Waals surface area contributed by atoms with Gasteiger partial charge in [0.05, 0.1) is 11.4 Å². The first kappa shape index (κ1) is 25.6. The number of amides is 1. The minimum Gasteiger partial charge on any atom is -0.332 e. The molecule has 0 unspecified atom stereocenters. The highest BCUT2D eigenvalue weighted by Crippen LogP contribution is 2.30. The molecule has 0 saturated heterocycles. The van der Waals surface area contributed by atoms with Crippen molar-refractivity contribution >= 4 is 68.6 Å². The number of nitrogens with zero attached hydrogens (tertiary/aromatic N) is 1. The number of thiazole rings is 1. The van der Waals surface area contributed by atoms with E-state index in [2.05, 4.69) is 20.9 Å². The minimum atomic E-state index is -0.113. The molecule has 36 heavy (non-hydrogen) atoms. The molecule has 0 atom stereocenters. The summed E-state index contributed by atoms with van der Waals surface area (Å²) < 4.78 is 0. The van der Waals surface area contributed by atoms with E-state index in [9.17, 15) is 9.59 Å². The summed E-state index contributed by atoms with van der Waals surface area (Å²) >= 11 is 8.31. The van der Waals surface area contributed by atoms with E-state index in [1.54, 1.807) is 12.1 Å². The third kappa shape index (κ3) is 7.00. The van der Waals surface area contributed by atoms with Crippen LogP contribution in [0.2, 0.25) is 0 Å². The highest BCUT2D eigenvalue weighted by atomic mass is 32.2. The minimum absolute atomic E-state index is 0.0175. The predicted octanol–water partition coefficient (Wildman–Crippen LogP) is 6.86. The molecule has 1 aromatic heterocycles. The van der Waals surface area contributed by atoms with Gasteiger partial charge in [0.2, 0.25) is 5.91 Å². The van der Waals surface area contributed by atoms with Crippen LogP contribution < -0.4 is 16.0 Å². The summed E-state index contributed by atoms with van der Waals surface area (Å²) in [6, 6.07) is 24.8. The molecular weight excluding hydrogens is 509 g/mol. The number of nitrogens with one attached hydrogen (secondary N) is 3. The van der Waals surface area contributed by atoms with Crippen LogP contribution in [0.3, 0.4) is 0 Å². The Balaban J connectivity index is 1.29. The molecule has 4 aromatic rings. The van der Waals surface area contributed by atoms with Crippen LogP contribution >= 0.6 is 35.3 Å². The van der Waals surface area contributed by atoms with Crippen LogP contribution in [0.1, 0.15) is 22.2 Å². The van der Waals surface area contributed by atoms with Crippen LogP contribution in [-0.2, 0) is 4.79 Å². The van der Waals surface area contributed by atoms with Crippen LogP contribution in [0.5, 0.6) is 0 Å². The Hall–Kier alpha value is -3.53. The van der Waals surface area contributed by atoms with Crippen molar-refractivity contribution < 1.29 is 9.59 Å². The zero-order valence-corrected chi connectivity index (χ0v) is 22.2. The molecule has 0 radical (unpaired) electrons. The maximum Gasteiger partial charge on any atom is 0.236 e. The fourth-order valence-corrected chi connectivity index (χ4v) is 5.21. The van der Waals surface area contributed by atoms with Crippen molar-refractivity contribution in [1.82, 2.24) is 4.98 Å². The fraction of sp³-hybridized carbons (Fsp3) is 0.111. The van der Waals surface area contributed by atoms with Crippen molar-refractivity contribution in [2.24, 2.45) is 0 Å². The number of thiocarbonyl (C=S) groups is 1. The maximum atomic E-state index is 12.5. The van der Waals surface area contributed by atoms with Crippen molar-refractivity contribution in [2.45, 2.75) is 18.7 Å². The fourth-order valence-electron chi connectivity index (χ4n) is 3.36. The normalized spacial score (nSPS) is 10.5. The molecule has 1 amide bonds. The van der Waals surface area contributed by atoms with E-state index < -0.39 is 0 Å². The van der Waals surface area contributed by atoms with E-state index in [4.69, 9.17) is 12.2 Å². The molecule has 0 fully saturated rings. The number of rotatable bonds is 8. The quantitative estimate of drug-likeness (QED) is 0.130. The third-order valence-corrected chi connectivity index (χ3v) is 7.19. The Morgan fingerprint density at radius 1 is 0.917 bits per heavy atom. The zero-order valence-electron chi connectivity index (χ0n) is 19.7. The molecular formula is C27H24N4O2S3. The van der Waals surface area contributed by atoms with E-state index in [1.807, 2.05) is 73.7 Å². The summed E-state index contributed by atoms with van der Waals surface area (Å²) in [4.78, 5) is 30.6. The van der Waals surface area contributed by atoms with Crippen molar-refractivity contribution in [3.8, 4) is 11.3 Å². The highest BCUT2D eigenvalue weighted by Gasteiger charge is 2.12. The lowest BCUT2D eigenvalue weighted by molar-refractivity contribution is -0.113. The van der Waals surface area contributed by atoms with Gasteiger partial charge in [0.25, 0.3) is 0 Å². The number of benzene rings is 3. The Labute approximate surface area is 223 Å². The van der Waals surface area contributed by atoms with Gasteiger partial charge in [-0.15, -0.1) is 23.1 Å². The number of anilines is 3. The molecule has 0 spiro atoms. The molecule has 3 N–H and O–H groups in total. The lowest BCUT2D eigenvalue weighted by Crippen LogP contribution is -2.19. The van der Waals surface area contributed by atoms with Gasteiger partial charge in [0.1, 0.15) is 0 Å². The second kappa shape index (κ2) is 11.9. The average molecular weight is 533 g/mol. The molecule has 182 valence electrons. The van der Waals surface area contributed by atoms with Gasteiger partial charge in [0, 0.05) is 32.3 Å². The Morgan fingerprint density at radius 3 is 2.36 bits per heavy atom. The van der Waals surface area contributed by atoms with Crippen LogP contribution in [0.4, 0.5) is 16.5 Å². The first-order valence-electron chi connectivity index (χ1n) is 11.1. The van der Waals surface area contributed by atoms with Gasteiger partial charge in [-0.3, -0.25) is 9.59 Å². The van der Waals surface area contributed by atoms with Gasteiger partial charge < -0.3 is 16.0 Å².